The highest BCUT2D eigenvalue weighted by Crippen LogP contribution is 2.19. The van der Waals surface area contributed by atoms with Gasteiger partial charge in [-0.25, -0.2) is 9.78 Å². The molecule has 1 atom stereocenters. The summed E-state index contributed by atoms with van der Waals surface area (Å²) in [6.45, 7) is 7.89. The number of rotatable bonds is 7. The van der Waals surface area contributed by atoms with Crippen LogP contribution in [0.25, 0.3) is 0 Å². The molecule has 0 aliphatic rings. The van der Waals surface area contributed by atoms with Gasteiger partial charge in [0.2, 0.25) is 0 Å². The van der Waals surface area contributed by atoms with Gasteiger partial charge in [-0.3, -0.25) is 0 Å². The lowest BCUT2D eigenvalue weighted by molar-refractivity contribution is 0.148. The van der Waals surface area contributed by atoms with Gasteiger partial charge in [-0.05, 0) is 12.8 Å². The van der Waals surface area contributed by atoms with Crippen molar-refractivity contribution in [2.45, 2.75) is 26.8 Å². The van der Waals surface area contributed by atoms with Gasteiger partial charge in [0.25, 0.3) is 0 Å². The smallest absolute Gasteiger partial charge is 0.318 e. The molecule has 1 aromatic rings. The molecule has 20 heavy (non-hydrogen) atoms. The maximum atomic E-state index is 12.3. The van der Waals surface area contributed by atoms with Gasteiger partial charge < -0.3 is 19.5 Å². The van der Waals surface area contributed by atoms with Crippen LogP contribution in [0.1, 0.15) is 32.6 Å². The van der Waals surface area contributed by atoms with Crippen LogP contribution < -0.4 is 5.32 Å². The number of carbonyl (C=O) groups excluding carboxylic acids is 1. The molecule has 6 nitrogen and oxygen atoms in total. The Hall–Kier alpha value is -1.56. The normalized spacial score (nSPS) is 12.5. The number of ether oxygens (including phenoxy) is 1. The first-order valence-electron chi connectivity index (χ1n) is 7.02. The van der Waals surface area contributed by atoms with Crippen molar-refractivity contribution in [3.63, 3.8) is 0 Å². The average molecular weight is 282 g/mol. The number of carbonyl (C=O) groups is 1. The van der Waals surface area contributed by atoms with E-state index in [9.17, 15) is 4.79 Å². The molecular formula is C14H26N4O2. The Morgan fingerprint density at radius 3 is 2.70 bits per heavy atom. The Morgan fingerprint density at radius 2 is 2.25 bits per heavy atom. The van der Waals surface area contributed by atoms with Gasteiger partial charge >= 0.3 is 6.03 Å². The number of nitrogens with zero attached hydrogens (tertiary/aromatic N) is 3. The SMILES string of the molecule is CCN(CCOC)C(=O)NC(c1nccn1C)C(C)C. The summed E-state index contributed by atoms with van der Waals surface area (Å²) in [6, 6.07) is -0.176. The summed E-state index contributed by atoms with van der Waals surface area (Å²) < 4.78 is 6.97. The maximum absolute atomic E-state index is 12.3. The van der Waals surface area contributed by atoms with Crippen molar-refractivity contribution >= 4 is 6.03 Å². The molecule has 1 N–H and O–H groups in total. The summed E-state index contributed by atoms with van der Waals surface area (Å²) in [7, 11) is 3.57. The van der Waals surface area contributed by atoms with Crippen molar-refractivity contribution in [3.05, 3.63) is 18.2 Å². The lowest BCUT2D eigenvalue weighted by atomic mass is 10.0. The molecule has 0 bridgehead atoms. The second-order valence-corrected chi connectivity index (χ2v) is 5.14. The summed E-state index contributed by atoms with van der Waals surface area (Å²) in [5.74, 6) is 1.14. The molecule has 1 rings (SSSR count). The van der Waals surface area contributed by atoms with Crippen LogP contribution in [0.4, 0.5) is 4.79 Å². The van der Waals surface area contributed by atoms with Crippen molar-refractivity contribution in [3.8, 4) is 0 Å². The Morgan fingerprint density at radius 1 is 1.55 bits per heavy atom. The zero-order valence-electron chi connectivity index (χ0n) is 13.1. The number of urea groups is 1. The van der Waals surface area contributed by atoms with E-state index in [-0.39, 0.29) is 18.0 Å². The zero-order chi connectivity index (χ0) is 15.1. The van der Waals surface area contributed by atoms with Crippen LogP contribution in [0, 0.1) is 5.92 Å². The van der Waals surface area contributed by atoms with Crippen molar-refractivity contribution in [1.29, 1.82) is 0 Å². The topological polar surface area (TPSA) is 59.4 Å². The van der Waals surface area contributed by atoms with Crippen LogP contribution >= 0.6 is 0 Å². The van der Waals surface area contributed by atoms with Crippen LogP contribution in [0.3, 0.4) is 0 Å². The van der Waals surface area contributed by atoms with E-state index < -0.39 is 0 Å². The molecule has 0 spiro atoms. The van der Waals surface area contributed by atoms with Crippen LogP contribution in [0.15, 0.2) is 12.4 Å². The molecule has 2 amide bonds. The first kappa shape index (κ1) is 16.5. The molecule has 1 aromatic heterocycles. The third kappa shape index (κ3) is 4.23. The first-order chi connectivity index (χ1) is 9.51. The van der Waals surface area contributed by atoms with E-state index in [1.165, 1.54) is 0 Å². The number of hydrogen-bond donors (Lipinski definition) is 1. The number of nitrogens with one attached hydrogen (secondary N) is 1. The van der Waals surface area contributed by atoms with Gasteiger partial charge in [-0.15, -0.1) is 0 Å². The molecule has 0 saturated heterocycles. The number of likely N-dealkylation sites (N-methyl/N-ethyl adjacent to an activating group) is 1. The molecule has 1 heterocycles. The van der Waals surface area contributed by atoms with Crippen LogP contribution in [-0.4, -0.2) is 47.3 Å². The number of imidazole rings is 1. The highest BCUT2D eigenvalue weighted by atomic mass is 16.5. The van der Waals surface area contributed by atoms with Gasteiger partial charge in [0.05, 0.1) is 12.6 Å². The van der Waals surface area contributed by atoms with Crippen molar-refractivity contribution in [1.82, 2.24) is 19.8 Å². The largest absolute Gasteiger partial charge is 0.383 e. The second-order valence-electron chi connectivity index (χ2n) is 5.14. The number of aryl methyl sites for hydroxylation is 1. The number of hydrogen-bond acceptors (Lipinski definition) is 3. The molecule has 0 aliphatic carbocycles. The van der Waals surface area contributed by atoms with E-state index in [0.29, 0.717) is 19.7 Å². The van der Waals surface area contributed by atoms with Gasteiger partial charge in [0, 0.05) is 39.6 Å². The zero-order valence-corrected chi connectivity index (χ0v) is 13.1. The quantitative estimate of drug-likeness (QED) is 0.829. The third-order valence-electron chi connectivity index (χ3n) is 3.32. The minimum atomic E-state index is -0.0981. The summed E-state index contributed by atoms with van der Waals surface area (Å²) in [4.78, 5) is 18.4. The molecule has 0 aliphatic heterocycles. The highest BCUT2D eigenvalue weighted by Gasteiger charge is 2.23. The van der Waals surface area contributed by atoms with Gasteiger partial charge in [-0.2, -0.15) is 0 Å². The first-order valence-corrected chi connectivity index (χ1v) is 7.02. The molecule has 1 unspecified atom stereocenters. The molecule has 6 heteroatoms. The molecule has 0 saturated carbocycles. The lowest BCUT2D eigenvalue weighted by Gasteiger charge is -2.27. The Kier molecular flexibility index (Phi) is 6.51. The minimum Gasteiger partial charge on any atom is -0.383 e. The number of methoxy groups -OCH3 is 1. The fraction of sp³-hybridized carbons (Fsp3) is 0.714. The summed E-state index contributed by atoms with van der Waals surface area (Å²) in [5.41, 5.74) is 0. The lowest BCUT2D eigenvalue weighted by Crippen LogP contribution is -2.44. The molecule has 114 valence electrons. The van der Waals surface area contributed by atoms with Gasteiger partial charge in [0.1, 0.15) is 5.82 Å². The second kappa shape index (κ2) is 7.89. The van der Waals surface area contributed by atoms with Crippen molar-refractivity contribution in [2.24, 2.45) is 13.0 Å². The van der Waals surface area contributed by atoms with Gasteiger partial charge in [0.15, 0.2) is 0 Å². The molecular weight excluding hydrogens is 256 g/mol. The monoisotopic (exact) mass is 282 g/mol. The summed E-state index contributed by atoms with van der Waals surface area (Å²) in [5, 5.41) is 3.07. The maximum Gasteiger partial charge on any atom is 0.318 e. The van der Waals surface area contributed by atoms with E-state index in [0.717, 1.165) is 5.82 Å². The van der Waals surface area contributed by atoms with Crippen LogP contribution in [0.2, 0.25) is 0 Å². The fourth-order valence-electron chi connectivity index (χ4n) is 2.04. The number of amides is 2. The highest BCUT2D eigenvalue weighted by molar-refractivity contribution is 5.74. The Bertz CT molecular complexity index is 417. The van der Waals surface area contributed by atoms with E-state index in [1.807, 2.05) is 24.7 Å². The molecule has 0 fully saturated rings. The fourth-order valence-corrected chi connectivity index (χ4v) is 2.04. The van der Waals surface area contributed by atoms with E-state index in [4.69, 9.17) is 4.74 Å². The van der Waals surface area contributed by atoms with Gasteiger partial charge in [-0.1, -0.05) is 13.8 Å². The van der Waals surface area contributed by atoms with E-state index in [2.05, 4.69) is 24.1 Å². The standard InChI is InChI=1S/C14H26N4O2/c1-6-18(9-10-20-5)14(19)16-12(11(2)3)13-15-7-8-17(13)4/h7-8,11-12H,6,9-10H2,1-5H3,(H,16,19). The van der Waals surface area contributed by atoms with Crippen LogP contribution in [0.5, 0.6) is 0 Å². The van der Waals surface area contributed by atoms with E-state index in [1.54, 1.807) is 18.2 Å². The number of aromatic nitrogens is 2. The molecule has 0 radical (unpaired) electrons. The summed E-state index contributed by atoms with van der Waals surface area (Å²) in [6.07, 6.45) is 3.64. The molecule has 0 aromatic carbocycles. The predicted molar refractivity (Wildman–Crippen MR) is 78.4 cm³/mol. The summed E-state index contributed by atoms with van der Waals surface area (Å²) >= 11 is 0. The Labute approximate surface area is 121 Å². The average Bonchev–Trinajstić information content (AvgIpc) is 2.82. The van der Waals surface area contributed by atoms with E-state index >= 15 is 0 Å². The predicted octanol–water partition coefficient (Wildman–Crippen LogP) is 1.80. The minimum absolute atomic E-state index is 0.0775. The third-order valence-corrected chi connectivity index (χ3v) is 3.32. The van der Waals surface area contributed by atoms with Crippen molar-refractivity contribution < 1.29 is 9.53 Å². The van der Waals surface area contributed by atoms with Crippen molar-refractivity contribution in [2.75, 3.05) is 26.8 Å². The van der Waals surface area contributed by atoms with Crippen LogP contribution in [-0.2, 0) is 11.8 Å². The Balaban J connectivity index is 2.75.